The fourth-order valence-corrected chi connectivity index (χ4v) is 5.58. The summed E-state index contributed by atoms with van der Waals surface area (Å²) in [4.78, 5) is 7.54. The zero-order valence-electron chi connectivity index (χ0n) is 18.0. The SMILES string of the molecule is CCNC(=NCC1(CO)CCOCC1)N1CCCC2(CCCc3ccccc32)C1. The molecule has 2 saturated heterocycles. The topological polar surface area (TPSA) is 57.1 Å². The molecule has 2 heterocycles. The zero-order valence-corrected chi connectivity index (χ0v) is 18.0. The summed E-state index contributed by atoms with van der Waals surface area (Å²) in [5.74, 6) is 1.02. The number of aliphatic imine (C=N–C) groups is 1. The molecule has 0 bridgehead atoms. The number of nitrogens with one attached hydrogen (secondary N) is 1. The maximum atomic E-state index is 10.0. The minimum atomic E-state index is -0.121. The number of nitrogens with zero attached hydrogens (tertiary/aromatic N) is 2. The van der Waals surface area contributed by atoms with Crippen molar-refractivity contribution < 1.29 is 9.84 Å². The molecule has 1 unspecified atom stereocenters. The third-order valence-electron chi connectivity index (χ3n) is 7.35. The molecule has 1 aromatic carbocycles. The number of likely N-dealkylation sites (tertiary alicyclic amines) is 1. The average Bonchev–Trinajstić information content (AvgIpc) is 2.78. The van der Waals surface area contributed by atoms with Crippen LogP contribution in [0.2, 0.25) is 0 Å². The van der Waals surface area contributed by atoms with Crippen molar-refractivity contribution in [1.82, 2.24) is 10.2 Å². The van der Waals surface area contributed by atoms with Crippen LogP contribution in [0.1, 0.15) is 56.6 Å². The molecule has 5 heteroatoms. The summed E-state index contributed by atoms with van der Waals surface area (Å²) in [7, 11) is 0. The number of ether oxygens (including phenoxy) is 1. The predicted octanol–water partition coefficient (Wildman–Crippen LogP) is 3.11. The first-order valence-electron chi connectivity index (χ1n) is 11.5. The minimum Gasteiger partial charge on any atom is -0.396 e. The second kappa shape index (κ2) is 9.05. The summed E-state index contributed by atoms with van der Waals surface area (Å²) in [5, 5.41) is 13.6. The van der Waals surface area contributed by atoms with E-state index in [1.54, 1.807) is 11.1 Å². The Balaban J connectivity index is 1.55. The summed E-state index contributed by atoms with van der Waals surface area (Å²) in [6, 6.07) is 9.09. The first kappa shape index (κ1) is 20.7. The van der Waals surface area contributed by atoms with Crippen LogP contribution in [-0.4, -0.2) is 62.0 Å². The lowest BCUT2D eigenvalue weighted by atomic mass is 9.66. The normalized spacial score (nSPS) is 27.0. The number of benzene rings is 1. The van der Waals surface area contributed by atoms with E-state index in [0.29, 0.717) is 6.54 Å². The highest BCUT2D eigenvalue weighted by Crippen LogP contribution is 2.43. The molecule has 1 atom stereocenters. The molecular formula is C24H37N3O2. The molecule has 3 aliphatic rings. The zero-order chi connectivity index (χ0) is 20.2. The van der Waals surface area contributed by atoms with Crippen molar-refractivity contribution in [2.45, 2.75) is 57.3 Å². The average molecular weight is 400 g/mol. The van der Waals surface area contributed by atoms with Gasteiger partial charge in [0.15, 0.2) is 5.96 Å². The van der Waals surface area contributed by atoms with Crippen LogP contribution in [0.5, 0.6) is 0 Å². The molecule has 0 saturated carbocycles. The van der Waals surface area contributed by atoms with Gasteiger partial charge in [0.2, 0.25) is 0 Å². The van der Waals surface area contributed by atoms with E-state index in [1.807, 2.05) is 0 Å². The van der Waals surface area contributed by atoms with Crippen LogP contribution >= 0.6 is 0 Å². The van der Waals surface area contributed by atoms with Crippen molar-refractivity contribution in [3.8, 4) is 0 Å². The van der Waals surface area contributed by atoms with E-state index in [-0.39, 0.29) is 17.4 Å². The van der Waals surface area contributed by atoms with Crippen LogP contribution in [0.3, 0.4) is 0 Å². The van der Waals surface area contributed by atoms with Crippen molar-refractivity contribution >= 4 is 5.96 Å². The third-order valence-corrected chi connectivity index (χ3v) is 7.35. The summed E-state index contributed by atoms with van der Waals surface area (Å²) < 4.78 is 5.52. The van der Waals surface area contributed by atoms with Gasteiger partial charge in [0.25, 0.3) is 0 Å². The van der Waals surface area contributed by atoms with Crippen LogP contribution in [0, 0.1) is 5.41 Å². The number of aliphatic hydroxyl groups excluding tert-OH is 1. The highest BCUT2D eigenvalue weighted by Gasteiger charge is 2.41. The van der Waals surface area contributed by atoms with Crippen molar-refractivity contribution in [2.75, 3.05) is 46.0 Å². The number of rotatable bonds is 4. The molecule has 1 aliphatic carbocycles. The van der Waals surface area contributed by atoms with Gasteiger partial charge in [0, 0.05) is 43.7 Å². The Kier molecular flexibility index (Phi) is 6.45. The van der Waals surface area contributed by atoms with Gasteiger partial charge in [-0.25, -0.2) is 0 Å². The lowest BCUT2D eigenvalue weighted by molar-refractivity contribution is -0.0107. The Bertz CT molecular complexity index is 714. The maximum absolute atomic E-state index is 10.0. The summed E-state index contributed by atoms with van der Waals surface area (Å²) in [6.07, 6.45) is 8.04. The number of guanidine groups is 1. The first-order valence-corrected chi connectivity index (χ1v) is 11.5. The van der Waals surface area contributed by atoms with Crippen LogP contribution in [0.4, 0.5) is 0 Å². The third kappa shape index (κ3) is 4.31. The van der Waals surface area contributed by atoms with E-state index in [4.69, 9.17) is 9.73 Å². The summed E-state index contributed by atoms with van der Waals surface area (Å²) in [5.41, 5.74) is 3.26. The molecule has 29 heavy (non-hydrogen) atoms. The summed E-state index contributed by atoms with van der Waals surface area (Å²) >= 11 is 0. The Morgan fingerprint density at radius 2 is 1.97 bits per heavy atom. The smallest absolute Gasteiger partial charge is 0.193 e. The van der Waals surface area contributed by atoms with Crippen molar-refractivity contribution in [3.05, 3.63) is 35.4 Å². The van der Waals surface area contributed by atoms with Crippen LogP contribution in [0.25, 0.3) is 0 Å². The number of hydrogen-bond acceptors (Lipinski definition) is 3. The van der Waals surface area contributed by atoms with E-state index in [9.17, 15) is 5.11 Å². The number of aryl methyl sites for hydroxylation is 1. The fraction of sp³-hybridized carbons (Fsp3) is 0.708. The highest BCUT2D eigenvalue weighted by atomic mass is 16.5. The second-order valence-electron chi connectivity index (χ2n) is 9.26. The fourth-order valence-electron chi connectivity index (χ4n) is 5.58. The van der Waals surface area contributed by atoms with Gasteiger partial charge >= 0.3 is 0 Å². The minimum absolute atomic E-state index is 0.121. The van der Waals surface area contributed by atoms with Crippen molar-refractivity contribution in [3.63, 3.8) is 0 Å². The van der Waals surface area contributed by atoms with Gasteiger partial charge in [-0.05, 0) is 63.0 Å². The maximum Gasteiger partial charge on any atom is 0.193 e. The lowest BCUT2D eigenvalue weighted by Gasteiger charge is -2.47. The molecule has 4 rings (SSSR count). The van der Waals surface area contributed by atoms with Crippen molar-refractivity contribution in [1.29, 1.82) is 0 Å². The van der Waals surface area contributed by atoms with E-state index in [2.05, 4.69) is 41.4 Å². The van der Waals surface area contributed by atoms with E-state index < -0.39 is 0 Å². The lowest BCUT2D eigenvalue weighted by Crippen LogP contribution is -2.53. The highest BCUT2D eigenvalue weighted by molar-refractivity contribution is 5.80. The molecular weight excluding hydrogens is 362 g/mol. The van der Waals surface area contributed by atoms with Gasteiger partial charge in [-0.2, -0.15) is 0 Å². The Labute approximate surface area is 175 Å². The molecule has 2 N–H and O–H groups in total. The molecule has 160 valence electrons. The largest absolute Gasteiger partial charge is 0.396 e. The van der Waals surface area contributed by atoms with Crippen LogP contribution in [-0.2, 0) is 16.6 Å². The second-order valence-corrected chi connectivity index (χ2v) is 9.26. The van der Waals surface area contributed by atoms with E-state index in [0.717, 1.165) is 51.6 Å². The van der Waals surface area contributed by atoms with Gasteiger partial charge in [-0.3, -0.25) is 4.99 Å². The molecule has 2 aliphatic heterocycles. The predicted molar refractivity (Wildman–Crippen MR) is 117 cm³/mol. The Morgan fingerprint density at radius 1 is 1.17 bits per heavy atom. The molecule has 0 amide bonds. The van der Waals surface area contributed by atoms with Gasteiger partial charge < -0.3 is 20.1 Å². The van der Waals surface area contributed by atoms with Crippen LogP contribution < -0.4 is 5.32 Å². The standard InChI is InChI=1S/C24H37N3O2/c1-2-25-22(26-17-23(19-28)12-15-29-16-13-23)27-14-6-11-24(18-27)10-5-8-20-7-3-4-9-21(20)24/h3-4,7,9,28H,2,5-6,8,10-19H2,1H3,(H,25,26). The number of aliphatic hydroxyl groups is 1. The number of hydrogen-bond donors (Lipinski definition) is 2. The Morgan fingerprint density at radius 3 is 2.76 bits per heavy atom. The van der Waals surface area contributed by atoms with Crippen molar-refractivity contribution in [2.24, 2.45) is 10.4 Å². The van der Waals surface area contributed by atoms with Gasteiger partial charge in [0.05, 0.1) is 13.2 Å². The molecule has 5 nitrogen and oxygen atoms in total. The molecule has 1 aromatic rings. The molecule has 0 radical (unpaired) electrons. The van der Waals surface area contributed by atoms with E-state index >= 15 is 0 Å². The first-order chi connectivity index (χ1) is 14.2. The van der Waals surface area contributed by atoms with Gasteiger partial charge in [-0.15, -0.1) is 0 Å². The quantitative estimate of drug-likeness (QED) is 0.603. The number of piperidine rings is 1. The summed E-state index contributed by atoms with van der Waals surface area (Å²) in [6.45, 7) is 7.45. The molecule has 1 spiro atoms. The molecule has 0 aromatic heterocycles. The monoisotopic (exact) mass is 399 g/mol. The van der Waals surface area contributed by atoms with Crippen LogP contribution in [0.15, 0.2) is 29.3 Å². The molecule has 2 fully saturated rings. The van der Waals surface area contributed by atoms with E-state index in [1.165, 1.54) is 32.1 Å². The number of fused-ring (bicyclic) bond motifs is 2. The Hall–Kier alpha value is -1.59. The van der Waals surface area contributed by atoms with Gasteiger partial charge in [-0.1, -0.05) is 24.3 Å². The van der Waals surface area contributed by atoms with Gasteiger partial charge in [0.1, 0.15) is 0 Å².